The molecule has 55 heavy (non-hydrogen) atoms. The molecule has 1 aromatic heterocycles. The largest absolute Gasteiger partial charge is 0.508 e. The number of aromatic nitrogens is 1. The highest BCUT2D eigenvalue weighted by Crippen LogP contribution is 2.20. The lowest BCUT2D eigenvalue weighted by atomic mass is 10.0. The number of phenolic OH excluding ortho intramolecular Hbond substituents is 1. The summed E-state index contributed by atoms with van der Waals surface area (Å²) in [6, 6.07) is 6.88. The molecule has 0 saturated carbocycles. The highest BCUT2D eigenvalue weighted by atomic mass is 16.4. The van der Waals surface area contributed by atoms with Gasteiger partial charge in [-0.05, 0) is 67.3 Å². The van der Waals surface area contributed by atoms with Crippen LogP contribution in [0, 0.1) is 5.92 Å². The molecular weight excluding hydrogens is 714 g/mol. The van der Waals surface area contributed by atoms with Crippen molar-refractivity contribution in [1.82, 2.24) is 26.3 Å². The predicted octanol–water partition coefficient (Wildman–Crippen LogP) is -0.0257. The van der Waals surface area contributed by atoms with Gasteiger partial charge in [-0.25, -0.2) is 4.79 Å². The van der Waals surface area contributed by atoms with E-state index < -0.39 is 78.6 Å². The standard InChI is InChI=1S/C37H51N9O9/c1-20(2)16-30(36(54)55)46-33(51)27(8-5-15-41-37(39)40)43-34(52)28(13-14-31(48)49)44-35(53)29(18-22-19-42-26-7-4-3-6-24(22)26)45-32(50)25(38)17-21-9-11-23(47)12-10-21/h3-4,6-7,9-12,19-20,25,27-30,42,47H,5,8,13-18,38H2,1-2H3,(H,43,52)(H,44,53)(H,45,50)(H,46,51)(H,48,49)(H,54,55)(H4,39,40,41)/t25-,27-,28-,29-,30-/m0/s1. The number of aromatic amines is 1. The number of nitrogens with two attached hydrogens (primary N) is 3. The smallest absolute Gasteiger partial charge is 0.326 e. The van der Waals surface area contributed by atoms with Crippen LogP contribution in [-0.2, 0) is 41.6 Å². The molecule has 1 heterocycles. The molecule has 18 heteroatoms. The lowest BCUT2D eigenvalue weighted by molar-refractivity contribution is -0.142. The quantitative estimate of drug-likeness (QED) is 0.0365. The summed E-state index contributed by atoms with van der Waals surface area (Å²) in [5.74, 6) is -6.05. The van der Waals surface area contributed by atoms with Gasteiger partial charge in [-0.1, -0.05) is 44.2 Å². The Hall–Kier alpha value is -6.17. The van der Waals surface area contributed by atoms with Crippen LogP contribution in [0.4, 0.5) is 0 Å². The molecule has 0 radical (unpaired) electrons. The Kier molecular flexibility index (Phi) is 16.4. The maximum absolute atomic E-state index is 14.0. The summed E-state index contributed by atoms with van der Waals surface area (Å²) in [6.07, 6.45) is 1.01. The van der Waals surface area contributed by atoms with Crippen LogP contribution in [0.1, 0.15) is 57.1 Å². The number of carboxylic acid groups (broad SMARTS) is 2. The van der Waals surface area contributed by atoms with Crippen molar-refractivity contribution >= 4 is 52.4 Å². The molecule has 0 fully saturated rings. The van der Waals surface area contributed by atoms with E-state index in [1.165, 1.54) is 12.1 Å². The number of hydrogen-bond donors (Lipinski definition) is 11. The number of H-pyrrole nitrogens is 1. The fourth-order valence-electron chi connectivity index (χ4n) is 5.81. The molecule has 14 N–H and O–H groups in total. The molecule has 2 aromatic carbocycles. The van der Waals surface area contributed by atoms with Crippen molar-refractivity contribution in [1.29, 1.82) is 0 Å². The van der Waals surface area contributed by atoms with Crippen molar-refractivity contribution in [2.45, 2.75) is 89.0 Å². The molecule has 0 aliphatic rings. The number of aliphatic imine (C=N–C) groups is 1. The van der Waals surface area contributed by atoms with E-state index in [0.29, 0.717) is 11.1 Å². The van der Waals surface area contributed by atoms with Gasteiger partial charge in [0.15, 0.2) is 5.96 Å². The molecule has 0 aliphatic carbocycles. The number of amides is 4. The number of nitrogens with zero attached hydrogens (tertiary/aromatic N) is 1. The van der Waals surface area contributed by atoms with E-state index in [2.05, 4.69) is 31.2 Å². The minimum atomic E-state index is -1.50. The molecule has 5 atom stereocenters. The number of benzene rings is 2. The van der Waals surface area contributed by atoms with Gasteiger partial charge < -0.3 is 58.8 Å². The molecule has 4 amide bonds. The Morgan fingerprint density at radius 2 is 1.35 bits per heavy atom. The SMILES string of the molecule is CC(C)C[C@H](NC(=O)[C@H](CCCN=C(N)N)NC(=O)[C@H](CCC(=O)O)NC(=O)[C@H](Cc1c[nH]c2ccccc12)NC(=O)[C@@H](N)Cc1ccc(O)cc1)C(=O)O. The van der Waals surface area contributed by atoms with E-state index >= 15 is 0 Å². The Labute approximate surface area is 317 Å². The zero-order valence-corrected chi connectivity index (χ0v) is 30.8. The van der Waals surface area contributed by atoms with Crippen LogP contribution >= 0.6 is 0 Å². The van der Waals surface area contributed by atoms with Gasteiger partial charge in [0.25, 0.3) is 0 Å². The van der Waals surface area contributed by atoms with Gasteiger partial charge in [0.2, 0.25) is 23.6 Å². The topological polar surface area (TPSA) is 317 Å². The third-order valence-electron chi connectivity index (χ3n) is 8.64. The third kappa shape index (κ3) is 14.3. The zero-order chi connectivity index (χ0) is 40.7. The second-order valence-electron chi connectivity index (χ2n) is 13.6. The van der Waals surface area contributed by atoms with Crippen molar-refractivity contribution < 1.29 is 44.1 Å². The number of rotatable bonds is 22. The van der Waals surface area contributed by atoms with E-state index in [9.17, 15) is 44.1 Å². The lowest BCUT2D eigenvalue weighted by Crippen LogP contribution is -2.59. The van der Waals surface area contributed by atoms with Gasteiger partial charge in [0.05, 0.1) is 6.04 Å². The molecule has 18 nitrogen and oxygen atoms in total. The average molecular weight is 766 g/mol. The predicted molar refractivity (Wildman–Crippen MR) is 203 cm³/mol. The summed E-state index contributed by atoms with van der Waals surface area (Å²) >= 11 is 0. The summed E-state index contributed by atoms with van der Waals surface area (Å²) < 4.78 is 0. The number of phenols is 1. The Balaban J connectivity index is 1.88. The van der Waals surface area contributed by atoms with Crippen LogP contribution in [0.2, 0.25) is 0 Å². The Morgan fingerprint density at radius 1 is 0.764 bits per heavy atom. The van der Waals surface area contributed by atoms with E-state index in [1.54, 1.807) is 38.2 Å². The summed E-state index contributed by atoms with van der Waals surface area (Å²) in [5, 5.41) is 39.8. The van der Waals surface area contributed by atoms with Gasteiger partial charge in [-0.2, -0.15) is 0 Å². The van der Waals surface area contributed by atoms with E-state index in [-0.39, 0.29) is 56.3 Å². The molecule has 0 spiro atoms. The lowest BCUT2D eigenvalue weighted by Gasteiger charge is -2.26. The van der Waals surface area contributed by atoms with Crippen molar-refractivity contribution in [3.05, 3.63) is 65.9 Å². The average Bonchev–Trinajstić information content (AvgIpc) is 3.53. The minimum absolute atomic E-state index is 0.0344. The van der Waals surface area contributed by atoms with Crippen LogP contribution in [0.25, 0.3) is 10.9 Å². The Bertz CT molecular complexity index is 1820. The molecular formula is C37H51N9O9. The van der Waals surface area contributed by atoms with Crippen molar-refractivity contribution in [3.8, 4) is 5.75 Å². The number of nitrogens with one attached hydrogen (secondary N) is 5. The number of carboxylic acids is 2. The molecule has 3 aromatic rings. The van der Waals surface area contributed by atoms with Crippen LogP contribution in [0.5, 0.6) is 5.75 Å². The summed E-state index contributed by atoms with van der Waals surface area (Å²) in [6.45, 7) is 3.65. The van der Waals surface area contributed by atoms with Crippen LogP contribution in [0.3, 0.4) is 0 Å². The van der Waals surface area contributed by atoms with Crippen LogP contribution in [0.15, 0.2) is 59.7 Å². The molecule has 298 valence electrons. The van der Waals surface area contributed by atoms with E-state index in [1.807, 2.05) is 18.2 Å². The van der Waals surface area contributed by atoms with E-state index in [0.717, 1.165) is 10.9 Å². The van der Waals surface area contributed by atoms with Gasteiger partial charge in [-0.3, -0.25) is 29.0 Å². The normalized spacial score (nSPS) is 13.8. The monoisotopic (exact) mass is 765 g/mol. The molecule has 3 rings (SSSR count). The highest BCUT2D eigenvalue weighted by Gasteiger charge is 2.32. The van der Waals surface area contributed by atoms with Crippen molar-refractivity contribution in [2.75, 3.05) is 6.54 Å². The maximum atomic E-state index is 14.0. The van der Waals surface area contributed by atoms with Crippen molar-refractivity contribution in [3.63, 3.8) is 0 Å². The molecule has 0 aliphatic heterocycles. The number of fused-ring (bicyclic) bond motifs is 1. The number of carbonyl (C=O) groups is 6. The van der Waals surface area contributed by atoms with Gasteiger partial charge in [0, 0.05) is 36.5 Å². The summed E-state index contributed by atoms with van der Waals surface area (Å²) in [4.78, 5) is 85.1. The third-order valence-corrected chi connectivity index (χ3v) is 8.64. The number of hydrogen-bond acceptors (Lipinski definition) is 9. The second-order valence-corrected chi connectivity index (χ2v) is 13.6. The van der Waals surface area contributed by atoms with Gasteiger partial charge >= 0.3 is 11.9 Å². The number of aromatic hydroxyl groups is 1. The van der Waals surface area contributed by atoms with Crippen LogP contribution < -0.4 is 38.5 Å². The number of carbonyl (C=O) groups excluding carboxylic acids is 4. The first-order valence-corrected chi connectivity index (χ1v) is 17.8. The first-order chi connectivity index (χ1) is 26.0. The minimum Gasteiger partial charge on any atom is -0.508 e. The summed E-state index contributed by atoms with van der Waals surface area (Å²) in [5.41, 5.74) is 19.1. The molecule has 0 saturated heterocycles. The number of guanidine groups is 1. The van der Waals surface area contributed by atoms with Gasteiger partial charge in [0.1, 0.15) is 29.9 Å². The molecule has 0 unspecified atom stereocenters. The van der Waals surface area contributed by atoms with Crippen LogP contribution in [-0.4, -0.2) is 98.6 Å². The maximum Gasteiger partial charge on any atom is 0.326 e. The van der Waals surface area contributed by atoms with Crippen molar-refractivity contribution in [2.24, 2.45) is 28.1 Å². The zero-order valence-electron chi connectivity index (χ0n) is 30.8. The first kappa shape index (κ1) is 43.2. The number of aliphatic carboxylic acids is 2. The molecule has 0 bridgehead atoms. The first-order valence-electron chi connectivity index (χ1n) is 17.8. The number of para-hydroxylation sites is 1. The highest BCUT2D eigenvalue weighted by molar-refractivity contribution is 5.96. The summed E-state index contributed by atoms with van der Waals surface area (Å²) in [7, 11) is 0. The fraction of sp³-hybridized carbons (Fsp3) is 0.432. The van der Waals surface area contributed by atoms with E-state index in [4.69, 9.17) is 17.2 Å². The van der Waals surface area contributed by atoms with Gasteiger partial charge in [-0.15, -0.1) is 0 Å². The Morgan fingerprint density at radius 3 is 1.95 bits per heavy atom. The fourth-order valence-corrected chi connectivity index (χ4v) is 5.81. The second kappa shape index (κ2) is 20.9.